The van der Waals surface area contributed by atoms with Crippen LogP contribution in [0.4, 0.5) is 11.6 Å². The lowest BCUT2D eigenvalue weighted by Crippen LogP contribution is -2.21. The number of rotatable bonds is 4. The summed E-state index contributed by atoms with van der Waals surface area (Å²) in [6.07, 6.45) is 7.80. The second-order valence-corrected chi connectivity index (χ2v) is 3.83. The molecular weight excluding hydrogens is 214 g/mol. The largest absolute Gasteiger partial charge is 0.382 e. The lowest BCUT2D eigenvalue weighted by molar-refractivity contribution is 0.854. The van der Waals surface area contributed by atoms with E-state index >= 15 is 0 Å². The van der Waals surface area contributed by atoms with E-state index < -0.39 is 0 Å². The van der Waals surface area contributed by atoms with Gasteiger partial charge in [0.2, 0.25) is 0 Å². The molecule has 0 amide bonds. The maximum absolute atomic E-state index is 5.60. The van der Waals surface area contributed by atoms with Crippen LogP contribution in [0, 0.1) is 0 Å². The second-order valence-electron chi connectivity index (χ2n) is 3.83. The molecule has 0 aliphatic heterocycles. The molecule has 2 aromatic rings. The summed E-state index contributed by atoms with van der Waals surface area (Å²) in [5.74, 6) is 1.23. The predicted octanol–water partition coefficient (Wildman–Crippen LogP) is 1.13. The monoisotopic (exact) mass is 229 g/mol. The first-order valence-electron chi connectivity index (χ1n) is 5.43. The Morgan fingerprint density at radius 3 is 2.65 bits per heavy atom. The highest BCUT2D eigenvalue weighted by atomic mass is 15.2. The first-order valence-corrected chi connectivity index (χ1v) is 5.43. The predicted molar refractivity (Wildman–Crippen MR) is 67.7 cm³/mol. The molecule has 0 saturated heterocycles. The van der Waals surface area contributed by atoms with Crippen molar-refractivity contribution >= 4 is 11.6 Å². The van der Waals surface area contributed by atoms with Crippen molar-refractivity contribution in [3.63, 3.8) is 0 Å². The normalized spacial score (nSPS) is 10.2. The molecule has 0 aromatic carbocycles. The molecule has 2 aromatic heterocycles. The molecule has 0 saturated carbocycles. The lowest BCUT2D eigenvalue weighted by atomic mass is 10.2. The summed E-state index contributed by atoms with van der Waals surface area (Å²) < 4.78 is 0. The van der Waals surface area contributed by atoms with E-state index in [0.29, 0.717) is 5.82 Å². The van der Waals surface area contributed by atoms with Gasteiger partial charge in [-0.05, 0) is 24.1 Å². The number of hydrogen-bond acceptors (Lipinski definition) is 5. The van der Waals surface area contributed by atoms with Crippen LogP contribution in [-0.2, 0) is 6.42 Å². The summed E-state index contributed by atoms with van der Waals surface area (Å²) in [5, 5.41) is 0. The highest BCUT2D eigenvalue weighted by Gasteiger charge is 2.03. The number of nitrogen functional groups attached to an aromatic ring is 1. The van der Waals surface area contributed by atoms with Gasteiger partial charge in [0.25, 0.3) is 0 Å². The van der Waals surface area contributed by atoms with Crippen molar-refractivity contribution in [2.45, 2.75) is 6.42 Å². The Labute approximate surface area is 100 Å². The fraction of sp³-hybridized carbons (Fsp3) is 0.250. The number of pyridine rings is 1. The zero-order chi connectivity index (χ0) is 12.1. The van der Waals surface area contributed by atoms with E-state index in [1.165, 1.54) is 5.56 Å². The summed E-state index contributed by atoms with van der Waals surface area (Å²) in [6.45, 7) is 0.863. The average molecular weight is 229 g/mol. The molecular formula is C12H15N5. The van der Waals surface area contributed by atoms with Crippen molar-refractivity contribution in [2.24, 2.45) is 0 Å². The van der Waals surface area contributed by atoms with E-state index in [2.05, 4.69) is 15.0 Å². The number of aromatic nitrogens is 3. The van der Waals surface area contributed by atoms with Crippen LogP contribution in [-0.4, -0.2) is 28.5 Å². The second kappa shape index (κ2) is 5.25. The summed E-state index contributed by atoms with van der Waals surface area (Å²) in [7, 11) is 1.98. The van der Waals surface area contributed by atoms with Crippen LogP contribution in [0.5, 0.6) is 0 Å². The lowest BCUT2D eigenvalue weighted by Gasteiger charge is -2.17. The zero-order valence-corrected chi connectivity index (χ0v) is 9.74. The maximum atomic E-state index is 5.60. The first kappa shape index (κ1) is 11.3. The van der Waals surface area contributed by atoms with E-state index in [-0.39, 0.29) is 0 Å². The van der Waals surface area contributed by atoms with Crippen LogP contribution in [0.2, 0.25) is 0 Å². The van der Waals surface area contributed by atoms with Crippen LogP contribution in [0.1, 0.15) is 5.56 Å². The molecule has 2 N–H and O–H groups in total. The quantitative estimate of drug-likeness (QED) is 0.851. The molecule has 0 bridgehead atoms. The summed E-state index contributed by atoms with van der Waals surface area (Å²) in [5.41, 5.74) is 6.85. The Morgan fingerprint density at radius 1 is 1.18 bits per heavy atom. The molecule has 88 valence electrons. The minimum atomic E-state index is 0.443. The molecule has 0 aliphatic carbocycles. The van der Waals surface area contributed by atoms with Crippen LogP contribution >= 0.6 is 0 Å². The molecule has 0 spiro atoms. The van der Waals surface area contributed by atoms with E-state index in [1.807, 2.05) is 24.1 Å². The first-order chi connectivity index (χ1) is 8.25. The highest BCUT2D eigenvalue weighted by Crippen LogP contribution is 2.09. The van der Waals surface area contributed by atoms with Crippen LogP contribution < -0.4 is 10.6 Å². The Morgan fingerprint density at radius 2 is 1.94 bits per heavy atom. The SMILES string of the molecule is CN(CCc1ccncc1)c1cncc(N)n1. The Hall–Kier alpha value is -2.17. The summed E-state index contributed by atoms with van der Waals surface area (Å²) in [4.78, 5) is 14.3. The fourth-order valence-electron chi connectivity index (χ4n) is 1.52. The molecule has 5 heteroatoms. The number of nitrogens with two attached hydrogens (primary N) is 1. The molecule has 0 atom stereocenters. The fourth-order valence-corrected chi connectivity index (χ4v) is 1.52. The van der Waals surface area contributed by atoms with Crippen molar-refractivity contribution in [3.05, 3.63) is 42.5 Å². The minimum Gasteiger partial charge on any atom is -0.382 e. The molecule has 0 radical (unpaired) electrons. The third kappa shape index (κ3) is 3.14. The van der Waals surface area contributed by atoms with Gasteiger partial charge in [0, 0.05) is 26.0 Å². The third-order valence-electron chi connectivity index (χ3n) is 2.52. The van der Waals surface area contributed by atoms with Gasteiger partial charge in [-0.1, -0.05) is 0 Å². The Balaban J connectivity index is 1.96. The van der Waals surface area contributed by atoms with E-state index in [4.69, 9.17) is 5.73 Å². The van der Waals surface area contributed by atoms with Crippen molar-refractivity contribution < 1.29 is 0 Å². The molecule has 17 heavy (non-hydrogen) atoms. The summed E-state index contributed by atoms with van der Waals surface area (Å²) in [6, 6.07) is 4.03. The van der Waals surface area contributed by atoms with Gasteiger partial charge < -0.3 is 10.6 Å². The van der Waals surface area contributed by atoms with Crippen molar-refractivity contribution in [2.75, 3.05) is 24.2 Å². The van der Waals surface area contributed by atoms with Gasteiger partial charge in [-0.15, -0.1) is 0 Å². The standard InChI is InChI=1S/C12H15N5/c1-17(12-9-15-8-11(13)16-12)7-4-10-2-5-14-6-3-10/h2-3,5-6,8-9H,4,7H2,1H3,(H2,13,16). The average Bonchev–Trinajstić information content (AvgIpc) is 2.37. The summed E-state index contributed by atoms with van der Waals surface area (Å²) >= 11 is 0. The van der Waals surface area contributed by atoms with Gasteiger partial charge in [0.05, 0.1) is 12.4 Å². The van der Waals surface area contributed by atoms with Gasteiger partial charge >= 0.3 is 0 Å². The zero-order valence-electron chi connectivity index (χ0n) is 9.74. The van der Waals surface area contributed by atoms with Gasteiger partial charge in [0.1, 0.15) is 11.6 Å². The van der Waals surface area contributed by atoms with Gasteiger partial charge in [-0.2, -0.15) is 0 Å². The smallest absolute Gasteiger partial charge is 0.149 e. The number of anilines is 2. The molecule has 0 fully saturated rings. The molecule has 2 rings (SSSR count). The topological polar surface area (TPSA) is 67.9 Å². The number of nitrogens with zero attached hydrogens (tertiary/aromatic N) is 4. The van der Waals surface area contributed by atoms with Gasteiger partial charge in [-0.3, -0.25) is 9.97 Å². The van der Waals surface area contributed by atoms with Crippen molar-refractivity contribution in [3.8, 4) is 0 Å². The minimum absolute atomic E-state index is 0.443. The maximum Gasteiger partial charge on any atom is 0.149 e. The molecule has 0 aliphatic rings. The van der Waals surface area contributed by atoms with Gasteiger partial charge in [-0.25, -0.2) is 4.98 Å². The van der Waals surface area contributed by atoms with Crippen LogP contribution in [0.15, 0.2) is 36.9 Å². The number of hydrogen-bond donors (Lipinski definition) is 1. The van der Waals surface area contributed by atoms with Crippen LogP contribution in [0.25, 0.3) is 0 Å². The molecule has 5 nitrogen and oxygen atoms in total. The molecule has 2 heterocycles. The highest BCUT2D eigenvalue weighted by molar-refractivity contribution is 5.40. The third-order valence-corrected chi connectivity index (χ3v) is 2.52. The van der Waals surface area contributed by atoms with Crippen molar-refractivity contribution in [1.82, 2.24) is 15.0 Å². The van der Waals surface area contributed by atoms with Crippen LogP contribution in [0.3, 0.4) is 0 Å². The van der Waals surface area contributed by atoms with Gasteiger partial charge in [0.15, 0.2) is 0 Å². The van der Waals surface area contributed by atoms with E-state index in [1.54, 1.807) is 24.8 Å². The van der Waals surface area contributed by atoms with E-state index in [9.17, 15) is 0 Å². The van der Waals surface area contributed by atoms with E-state index in [0.717, 1.165) is 18.8 Å². The van der Waals surface area contributed by atoms with Crippen molar-refractivity contribution in [1.29, 1.82) is 0 Å². The Kier molecular flexibility index (Phi) is 3.49. The Bertz CT molecular complexity index is 471. The number of likely N-dealkylation sites (N-methyl/N-ethyl adjacent to an activating group) is 1. The molecule has 0 unspecified atom stereocenters.